The van der Waals surface area contributed by atoms with Crippen molar-refractivity contribution >= 4 is 27.5 Å². The van der Waals surface area contributed by atoms with Gasteiger partial charge in [0, 0.05) is 4.47 Å². The second kappa shape index (κ2) is 8.33. The molecular formula is C17H17BrN2O3. The Balaban J connectivity index is 1.85. The number of nitrogens with zero attached hydrogens (tertiary/aromatic N) is 1. The van der Waals surface area contributed by atoms with Crippen molar-refractivity contribution in [1.29, 1.82) is 0 Å². The average molecular weight is 377 g/mol. The first kappa shape index (κ1) is 17.0. The first-order valence-corrected chi connectivity index (χ1v) is 7.73. The molecule has 1 N–H and O–H groups in total. The smallest absolute Gasteiger partial charge is 0.277 e. The van der Waals surface area contributed by atoms with E-state index >= 15 is 0 Å². The highest BCUT2D eigenvalue weighted by Crippen LogP contribution is 2.16. The third kappa shape index (κ3) is 5.41. The van der Waals surface area contributed by atoms with Gasteiger partial charge in [0.05, 0.1) is 12.8 Å². The molecule has 0 radical (unpaired) electrons. The van der Waals surface area contributed by atoms with Gasteiger partial charge in [-0.2, -0.15) is 5.10 Å². The topological polar surface area (TPSA) is 59.9 Å². The number of carbonyl (C=O) groups excluding carboxylic acids is 1. The van der Waals surface area contributed by atoms with Gasteiger partial charge in [-0.15, -0.1) is 0 Å². The van der Waals surface area contributed by atoms with Gasteiger partial charge in [0.2, 0.25) is 0 Å². The summed E-state index contributed by atoms with van der Waals surface area (Å²) in [7, 11) is 1.59. The average Bonchev–Trinajstić information content (AvgIpc) is 2.58. The molecule has 0 aliphatic carbocycles. The summed E-state index contributed by atoms with van der Waals surface area (Å²) >= 11 is 3.40. The fraction of sp³-hybridized carbons (Fsp3) is 0.176. The van der Waals surface area contributed by atoms with E-state index in [2.05, 4.69) is 26.5 Å². The van der Waals surface area contributed by atoms with Crippen molar-refractivity contribution in [3.05, 3.63) is 58.6 Å². The van der Waals surface area contributed by atoms with Gasteiger partial charge in [-0.3, -0.25) is 4.79 Å². The molecule has 0 saturated heterocycles. The van der Waals surface area contributed by atoms with Crippen LogP contribution in [0.4, 0.5) is 0 Å². The third-order valence-corrected chi connectivity index (χ3v) is 3.51. The van der Waals surface area contributed by atoms with E-state index in [4.69, 9.17) is 9.47 Å². The molecule has 120 valence electrons. The van der Waals surface area contributed by atoms with Gasteiger partial charge in [0.1, 0.15) is 11.5 Å². The molecule has 0 aromatic heterocycles. The zero-order chi connectivity index (χ0) is 16.7. The van der Waals surface area contributed by atoms with Crippen molar-refractivity contribution in [1.82, 2.24) is 5.43 Å². The van der Waals surface area contributed by atoms with E-state index in [0.717, 1.165) is 15.8 Å². The summed E-state index contributed by atoms with van der Waals surface area (Å²) in [5.74, 6) is 1.000. The van der Waals surface area contributed by atoms with Crippen LogP contribution < -0.4 is 14.9 Å². The number of carbonyl (C=O) groups is 1. The molecule has 0 fully saturated rings. The van der Waals surface area contributed by atoms with Crippen LogP contribution in [0.3, 0.4) is 0 Å². The van der Waals surface area contributed by atoms with Crippen LogP contribution in [-0.2, 0) is 4.79 Å². The lowest BCUT2D eigenvalue weighted by atomic mass is 10.1. The van der Waals surface area contributed by atoms with Crippen molar-refractivity contribution in [3.8, 4) is 11.5 Å². The number of ether oxygens (including phenoxy) is 2. The summed E-state index contributed by atoms with van der Waals surface area (Å²) in [5.41, 5.74) is 4.12. The summed E-state index contributed by atoms with van der Waals surface area (Å²) in [6, 6.07) is 14.7. The zero-order valence-electron chi connectivity index (χ0n) is 12.9. The number of hydrazone groups is 1. The minimum Gasteiger partial charge on any atom is -0.497 e. The van der Waals surface area contributed by atoms with E-state index in [1.165, 1.54) is 0 Å². The van der Waals surface area contributed by atoms with Crippen LogP contribution in [0.15, 0.2) is 58.1 Å². The molecule has 0 unspecified atom stereocenters. The van der Waals surface area contributed by atoms with Crippen LogP contribution in [0.1, 0.15) is 12.5 Å². The molecular weight excluding hydrogens is 360 g/mol. The zero-order valence-corrected chi connectivity index (χ0v) is 14.5. The fourth-order valence-corrected chi connectivity index (χ4v) is 2.18. The summed E-state index contributed by atoms with van der Waals surface area (Å²) < 4.78 is 11.4. The van der Waals surface area contributed by atoms with Crippen LogP contribution >= 0.6 is 15.9 Å². The highest BCUT2D eigenvalue weighted by Gasteiger charge is 2.03. The number of nitrogens with one attached hydrogen (secondary N) is 1. The quantitative estimate of drug-likeness (QED) is 0.620. The monoisotopic (exact) mass is 376 g/mol. The standard InChI is InChI=1S/C17H17BrN2O3/c1-12(13-4-3-5-14(18)10-13)19-20-17(21)11-23-16-8-6-15(22-2)7-9-16/h3-10H,11H2,1-2H3,(H,20,21)/b19-12+. The number of hydrogen-bond donors (Lipinski definition) is 1. The van der Waals surface area contributed by atoms with Crippen molar-refractivity contribution < 1.29 is 14.3 Å². The Morgan fingerprint density at radius 2 is 1.87 bits per heavy atom. The predicted octanol–water partition coefficient (Wildman–Crippen LogP) is 3.38. The normalized spacial score (nSPS) is 11.0. The molecule has 2 rings (SSSR count). The van der Waals surface area contributed by atoms with Gasteiger partial charge in [-0.25, -0.2) is 5.43 Å². The number of halogens is 1. The SMILES string of the molecule is COc1ccc(OCC(=O)N/N=C(\C)c2cccc(Br)c2)cc1. The minimum atomic E-state index is -0.324. The van der Waals surface area contributed by atoms with Gasteiger partial charge >= 0.3 is 0 Å². The molecule has 0 saturated carbocycles. The molecule has 6 heteroatoms. The molecule has 2 aromatic carbocycles. The van der Waals surface area contributed by atoms with Crippen molar-refractivity contribution in [2.24, 2.45) is 5.10 Å². The largest absolute Gasteiger partial charge is 0.497 e. The molecule has 0 aliphatic rings. The van der Waals surface area contributed by atoms with Crippen LogP contribution in [0, 0.1) is 0 Å². The lowest BCUT2D eigenvalue weighted by molar-refractivity contribution is -0.123. The van der Waals surface area contributed by atoms with E-state index in [-0.39, 0.29) is 12.5 Å². The Morgan fingerprint density at radius 3 is 2.52 bits per heavy atom. The van der Waals surface area contributed by atoms with Crippen LogP contribution in [-0.4, -0.2) is 25.3 Å². The van der Waals surface area contributed by atoms with Crippen molar-refractivity contribution in [3.63, 3.8) is 0 Å². The Bertz CT molecular complexity index is 699. The first-order chi connectivity index (χ1) is 11.1. The second-order valence-electron chi connectivity index (χ2n) is 4.71. The highest BCUT2D eigenvalue weighted by atomic mass is 79.9. The molecule has 0 spiro atoms. The molecule has 0 heterocycles. The number of hydrogen-bond acceptors (Lipinski definition) is 4. The van der Waals surface area contributed by atoms with Gasteiger partial charge in [-0.05, 0) is 48.9 Å². The lowest BCUT2D eigenvalue weighted by Crippen LogP contribution is -2.25. The van der Waals surface area contributed by atoms with Crippen LogP contribution in [0.5, 0.6) is 11.5 Å². The van der Waals surface area contributed by atoms with Crippen molar-refractivity contribution in [2.45, 2.75) is 6.92 Å². The number of benzene rings is 2. The van der Waals surface area contributed by atoms with Gasteiger partial charge in [0.25, 0.3) is 5.91 Å². The molecule has 0 bridgehead atoms. The second-order valence-corrected chi connectivity index (χ2v) is 5.62. The Kier molecular flexibility index (Phi) is 6.17. The predicted molar refractivity (Wildman–Crippen MR) is 93.0 cm³/mol. The Hall–Kier alpha value is -2.34. The maximum absolute atomic E-state index is 11.8. The van der Waals surface area contributed by atoms with E-state index in [0.29, 0.717) is 11.5 Å². The van der Waals surface area contributed by atoms with Gasteiger partial charge in [-0.1, -0.05) is 28.1 Å². The molecule has 2 aromatic rings. The number of methoxy groups -OCH3 is 1. The minimum absolute atomic E-state index is 0.110. The van der Waals surface area contributed by atoms with E-state index < -0.39 is 0 Å². The van der Waals surface area contributed by atoms with E-state index in [9.17, 15) is 4.79 Å². The third-order valence-electron chi connectivity index (χ3n) is 3.02. The number of rotatable bonds is 6. The Labute approximate surface area is 143 Å². The maximum Gasteiger partial charge on any atom is 0.277 e. The lowest BCUT2D eigenvalue weighted by Gasteiger charge is -2.07. The van der Waals surface area contributed by atoms with Gasteiger partial charge < -0.3 is 9.47 Å². The first-order valence-electron chi connectivity index (χ1n) is 6.94. The molecule has 0 atom stereocenters. The van der Waals surface area contributed by atoms with E-state index in [1.807, 2.05) is 31.2 Å². The van der Waals surface area contributed by atoms with E-state index in [1.54, 1.807) is 31.4 Å². The Morgan fingerprint density at radius 1 is 1.17 bits per heavy atom. The summed E-state index contributed by atoms with van der Waals surface area (Å²) in [4.78, 5) is 11.8. The van der Waals surface area contributed by atoms with Gasteiger partial charge in [0.15, 0.2) is 6.61 Å². The van der Waals surface area contributed by atoms with Crippen LogP contribution in [0.2, 0.25) is 0 Å². The number of amides is 1. The molecule has 1 amide bonds. The summed E-state index contributed by atoms with van der Waals surface area (Å²) in [6.07, 6.45) is 0. The molecule has 23 heavy (non-hydrogen) atoms. The fourth-order valence-electron chi connectivity index (χ4n) is 1.78. The molecule has 5 nitrogen and oxygen atoms in total. The summed E-state index contributed by atoms with van der Waals surface area (Å²) in [5, 5.41) is 4.07. The highest BCUT2D eigenvalue weighted by molar-refractivity contribution is 9.10. The van der Waals surface area contributed by atoms with Crippen molar-refractivity contribution in [2.75, 3.05) is 13.7 Å². The molecule has 0 aliphatic heterocycles. The van der Waals surface area contributed by atoms with Crippen LogP contribution in [0.25, 0.3) is 0 Å². The summed E-state index contributed by atoms with van der Waals surface area (Å²) in [6.45, 7) is 1.72. The maximum atomic E-state index is 11.8.